The molecule has 7 heteroatoms. The minimum absolute atomic E-state index is 0.0733. The van der Waals surface area contributed by atoms with Crippen molar-refractivity contribution in [1.82, 2.24) is 9.80 Å². The zero-order valence-corrected chi connectivity index (χ0v) is 22.3. The molecule has 1 aliphatic heterocycles. The third-order valence-corrected chi connectivity index (χ3v) is 6.14. The van der Waals surface area contributed by atoms with Gasteiger partial charge in [-0.3, -0.25) is 9.59 Å². The van der Waals surface area contributed by atoms with Crippen LogP contribution in [0.5, 0.6) is 11.5 Å². The Kier molecular flexibility index (Phi) is 10.3. The quantitative estimate of drug-likeness (QED) is 0.281. The Morgan fingerprint density at radius 3 is 2.49 bits per heavy atom. The van der Waals surface area contributed by atoms with Crippen molar-refractivity contribution < 1.29 is 24.2 Å². The highest BCUT2D eigenvalue weighted by Crippen LogP contribution is 2.41. The number of rotatable bonds is 14. The molecule has 37 heavy (non-hydrogen) atoms. The first kappa shape index (κ1) is 28.0. The molecule has 1 heterocycles. The van der Waals surface area contributed by atoms with Crippen molar-refractivity contribution in [1.29, 1.82) is 0 Å². The maximum absolute atomic E-state index is 13.4. The van der Waals surface area contributed by atoms with Gasteiger partial charge in [-0.05, 0) is 69.7 Å². The van der Waals surface area contributed by atoms with Crippen LogP contribution in [0.15, 0.2) is 65.9 Å². The summed E-state index contributed by atoms with van der Waals surface area (Å²) in [5.74, 6) is -0.279. The molecule has 2 aromatic carbocycles. The van der Waals surface area contributed by atoms with E-state index in [0.29, 0.717) is 43.2 Å². The molecule has 0 fully saturated rings. The molecular weight excluding hydrogens is 468 g/mol. The lowest BCUT2D eigenvalue weighted by molar-refractivity contribution is -0.129. The van der Waals surface area contributed by atoms with Gasteiger partial charge in [0, 0.05) is 6.54 Å². The number of carbonyl (C=O) groups is 2. The Labute approximate surface area is 220 Å². The number of unbranched alkanes of at least 4 members (excludes halogenated alkanes) is 1. The van der Waals surface area contributed by atoms with E-state index in [-0.39, 0.29) is 5.57 Å². The van der Waals surface area contributed by atoms with Crippen LogP contribution in [-0.2, 0) is 9.59 Å². The van der Waals surface area contributed by atoms with E-state index in [1.165, 1.54) is 6.08 Å². The van der Waals surface area contributed by atoms with E-state index in [1.54, 1.807) is 11.0 Å². The molecule has 3 rings (SSSR count). The lowest BCUT2D eigenvalue weighted by atomic mass is 9.95. The second-order valence-corrected chi connectivity index (χ2v) is 9.27. The fourth-order valence-electron chi connectivity index (χ4n) is 4.27. The summed E-state index contributed by atoms with van der Waals surface area (Å²) in [5, 5.41) is 10.9. The predicted molar refractivity (Wildman–Crippen MR) is 146 cm³/mol. The third-order valence-electron chi connectivity index (χ3n) is 6.14. The zero-order valence-electron chi connectivity index (χ0n) is 22.3. The van der Waals surface area contributed by atoms with Crippen LogP contribution in [0.25, 0.3) is 6.08 Å². The molecule has 1 aliphatic rings. The molecule has 1 N–H and O–H groups in total. The number of ether oxygens (including phenoxy) is 2. The first-order valence-corrected chi connectivity index (χ1v) is 12.9. The highest BCUT2D eigenvalue weighted by molar-refractivity contribution is 6.14. The molecule has 0 radical (unpaired) electrons. The van der Waals surface area contributed by atoms with Gasteiger partial charge >= 0.3 is 0 Å². The topological polar surface area (TPSA) is 79.3 Å². The monoisotopic (exact) mass is 506 g/mol. The Morgan fingerprint density at radius 2 is 1.81 bits per heavy atom. The average molecular weight is 507 g/mol. The molecule has 0 saturated heterocycles. The summed E-state index contributed by atoms with van der Waals surface area (Å²) < 4.78 is 11.8. The van der Waals surface area contributed by atoms with Crippen LogP contribution in [0.2, 0.25) is 0 Å². The molecule has 0 saturated carbocycles. The lowest BCUT2D eigenvalue weighted by Crippen LogP contribution is -2.33. The molecule has 0 aliphatic carbocycles. The smallest absolute Gasteiger partial charge is 0.290 e. The highest BCUT2D eigenvalue weighted by atomic mass is 16.5. The van der Waals surface area contributed by atoms with Gasteiger partial charge in [0.15, 0.2) is 23.0 Å². The van der Waals surface area contributed by atoms with Gasteiger partial charge < -0.3 is 24.4 Å². The number of hydrogen-bond acceptors (Lipinski definition) is 6. The lowest BCUT2D eigenvalue weighted by Gasteiger charge is -2.27. The number of allylic oxidation sites excluding steroid dienone is 1. The first-order valence-electron chi connectivity index (χ1n) is 12.9. The van der Waals surface area contributed by atoms with Gasteiger partial charge in [0.2, 0.25) is 0 Å². The van der Waals surface area contributed by atoms with Crippen molar-refractivity contribution in [2.45, 2.75) is 39.2 Å². The Bertz CT molecular complexity index is 1120. The highest BCUT2D eigenvalue weighted by Gasteiger charge is 2.42. The number of carbonyl (C=O) groups excluding carboxylic acids is 2. The number of aliphatic hydroxyl groups is 1. The third kappa shape index (κ3) is 7.23. The molecule has 1 amide bonds. The van der Waals surface area contributed by atoms with Gasteiger partial charge in [0.25, 0.3) is 5.91 Å². The van der Waals surface area contributed by atoms with Crippen LogP contribution in [0.1, 0.15) is 50.3 Å². The van der Waals surface area contributed by atoms with Crippen molar-refractivity contribution >= 4 is 17.8 Å². The normalized spacial score (nSPS) is 15.8. The summed E-state index contributed by atoms with van der Waals surface area (Å²) in [4.78, 5) is 30.2. The number of nitrogens with zero attached hydrogens (tertiary/aromatic N) is 2. The summed E-state index contributed by atoms with van der Waals surface area (Å²) in [6, 6.07) is 14.2. The molecule has 2 aromatic rings. The van der Waals surface area contributed by atoms with Crippen molar-refractivity contribution in [2.24, 2.45) is 0 Å². The van der Waals surface area contributed by atoms with Gasteiger partial charge in [-0.25, -0.2) is 0 Å². The summed E-state index contributed by atoms with van der Waals surface area (Å²) >= 11 is 0. The van der Waals surface area contributed by atoms with E-state index in [4.69, 9.17) is 9.47 Å². The van der Waals surface area contributed by atoms with E-state index >= 15 is 0 Å². The summed E-state index contributed by atoms with van der Waals surface area (Å²) in [5.41, 5.74) is 1.61. The first-order chi connectivity index (χ1) is 17.9. The van der Waals surface area contributed by atoms with E-state index in [9.17, 15) is 14.7 Å². The largest absolute Gasteiger partial charge is 0.503 e. The minimum atomic E-state index is -0.730. The molecular formula is C30H38N2O5. The van der Waals surface area contributed by atoms with Crippen molar-refractivity contribution in [3.63, 3.8) is 0 Å². The van der Waals surface area contributed by atoms with Gasteiger partial charge in [-0.1, -0.05) is 55.8 Å². The number of aliphatic hydroxyl groups excluding tert-OH is 1. The van der Waals surface area contributed by atoms with Gasteiger partial charge in [0.05, 0.1) is 24.8 Å². The van der Waals surface area contributed by atoms with Crippen LogP contribution in [-0.4, -0.2) is 67.0 Å². The maximum Gasteiger partial charge on any atom is 0.290 e. The Morgan fingerprint density at radius 1 is 1.05 bits per heavy atom. The van der Waals surface area contributed by atoms with Crippen LogP contribution >= 0.6 is 0 Å². The van der Waals surface area contributed by atoms with Crippen LogP contribution in [0.3, 0.4) is 0 Å². The molecule has 0 bridgehead atoms. The second-order valence-electron chi connectivity index (χ2n) is 9.27. The molecule has 0 spiro atoms. The van der Waals surface area contributed by atoms with Crippen LogP contribution in [0.4, 0.5) is 0 Å². The fourth-order valence-corrected chi connectivity index (χ4v) is 4.27. The average Bonchev–Trinajstić information content (AvgIpc) is 3.14. The number of amides is 1. The maximum atomic E-state index is 13.4. The van der Waals surface area contributed by atoms with E-state index in [0.717, 1.165) is 24.9 Å². The van der Waals surface area contributed by atoms with Crippen molar-refractivity contribution in [2.75, 3.05) is 40.4 Å². The molecule has 198 valence electrons. The Hall–Kier alpha value is -3.58. The second kappa shape index (κ2) is 13.7. The SMILES string of the molecule is CCCCOc1ccc(C2C(C(=O)/C=C/c3ccccc3)=C(O)C(=O)N2CCCN(C)C)cc1OCC. The summed E-state index contributed by atoms with van der Waals surface area (Å²) in [6.45, 7) is 6.16. The molecule has 7 nitrogen and oxygen atoms in total. The number of hydrogen-bond donors (Lipinski definition) is 1. The van der Waals surface area contributed by atoms with Crippen LogP contribution in [0, 0.1) is 0 Å². The van der Waals surface area contributed by atoms with Crippen molar-refractivity contribution in [3.05, 3.63) is 77.1 Å². The van der Waals surface area contributed by atoms with E-state index in [1.807, 2.05) is 74.4 Å². The van der Waals surface area contributed by atoms with E-state index in [2.05, 4.69) is 6.92 Å². The molecule has 0 aromatic heterocycles. The minimum Gasteiger partial charge on any atom is -0.503 e. The molecule has 1 atom stereocenters. The van der Waals surface area contributed by atoms with Gasteiger partial charge in [-0.15, -0.1) is 0 Å². The number of ketones is 1. The predicted octanol–water partition coefficient (Wildman–Crippen LogP) is 5.19. The summed E-state index contributed by atoms with van der Waals surface area (Å²) in [7, 11) is 3.93. The Balaban J connectivity index is 1.99. The molecule has 1 unspecified atom stereocenters. The van der Waals surface area contributed by atoms with Gasteiger partial charge in [-0.2, -0.15) is 0 Å². The van der Waals surface area contributed by atoms with E-state index < -0.39 is 23.5 Å². The van der Waals surface area contributed by atoms with Gasteiger partial charge in [0.1, 0.15) is 0 Å². The fraction of sp³-hybridized carbons (Fsp3) is 0.400. The summed E-state index contributed by atoms with van der Waals surface area (Å²) in [6.07, 6.45) is 5.74. The number of benzene rings is 2. The zero-order chi connectivity index (χ0) is 26.8. The van der Waals surface area contributed by atoms with Crippen LogP contribution < -0.4 is 9.47 Å². The standard InChI is InChI=1S/C30H38N2O5/c1-5-7-20-37-25-17-15-23(21-26(25)36-6-2)28-27(24(33)16-14-22-12-9-8-10-13-22)29(34)30(35)32(28)19-11-18-31(3)4/h8-10,12-17,21,28,34H,5-7,11,18-20H2,1-4H3/b16-14+. The van der Waals surface area contributed by atoms with Crippen molar-refractivity contribution in [3.8, 4) is 11.5 Å².